The second-order valence-electron chi connectivity index (χ2n) is 8.51. The number of aromatic nitrogens is 1. The molecule has 33 heavy (non-hydrogen) atoms. The number of pyridine rings is 1. The Morgan fingerprint density at radius 2 is 1.91 bits per heavy atom. The Morgan fingerprint density at radius 1 is 1.21 bits per heavy atom. The lowest BCUT2D eigenvalue weighted by Gasteiger charge is -2.44. The highest BCUT2D eigenvalue weighted by Crippen LogP contribution is 2.49. The maximum atomic E-state index is 15.1. The van der Waals surface area contributed by atoms with E-state index in [1.54, 1.807) is 13.8 Å². The molecule has 1 aromatic heterocycles. The lowest BCUT2D eigenvalue weighted by Crippen LogP contribution is -2.60. The number of oxime groups is 1. The van der Waals surface area contributed by atoms with Gasteiger partial charge in [0.2, 0.25) is 5.91 Å². The molecule has 2 aromatic rings. The quantitative estimate of drug-likeness (QED) is 0.563. The van der Waals surface area contributed by atoms with E-state index in [1.165, 1.54) is 23.2 Å². The lowest BCUT2D eigenvalue weighted by atomic mass is 9.86. The van der Waals surface area contributed by atoms with Gasteiger partial charge in [0.15, 0.2) is 5.67 Å². The van der Waals surface area contributed by atoms with Crippen molar-refractivity contribution < 1.29 is 31.6 Å². The summed E-state index contributed by atoms with van der Waals surface area (Å²) in [6, 6.07) is 5.40. The molecule has 1 amide bonds. The van der Waals surface area contributed by atoms with Crippen molar-refractivity contribution in [3.63, 3.8) is 0 Å². The first-order chi connectivity index (χ1) is 15.4. The van der Waals surface area contributed by atoms with Crippen molar-refractivity contribution >= 4 is 23.2 Å². The van der Waals surface area contributed by atoms with Gasteiger partial charge < -0.3 is 9.74 Å². The van der Waals surface area contributed by atoms with Gasteiger partial charge in [0.1, 0.15) is 5.82 Å². The van der Waals surface area contributed by atoms with Crippen LogP contribution in [0.25, 0.3) is 0 Å². The summed E-state index contributed by atoms with van der Waals surface area (Å²) in [7, 11) is 0. The number of hydrogen-bond donors (Lipinski definition) is 0. The normalized spacial score (nSPS) is 22.1. The number of carbonyl (C=O) groups excluding carboxylic acids is 1. The first kappa shape index (κ1) is 23.4. The van der Waals surface area contributed by atoms with Crippen LogP contribution in [0.1, 0.15) is 37.1 Å². The molecule has 0 bridgehead atoms. The fourth-order valence-corrected chi connectivity index (χ4v) is 4.06. The van der Waals surface area contributed by atoms with E-state index in [0.29, 0.717) is 0 Å². The van der Waals surface area contributed by atoms with Crippen molar-refractivity contribution in [3.05, 3.63) is 64.2 Å². The zero-order valence-corrected chi connectivity index (χ0v) is 18.3. The molecule has 0 spiro atoms. The standard InChI is InChI=1S/C22H19ClF5N3O2/c1-12(2)19(32)31-10-20(25,11-31)18-6-3-13(9-29-18)17-8-21(33-30-17,22(26,27)28)14-4-5-16(24)15(23)7-14/h3-7,9,12H,8,10-11H2,1-2H3. The van der Waals surface area contributed by atoms with E-state index >= 15 is 4.39 Å². The second-order valence-corrected chi connectivity index (χ2v) is 8.91. The summed E-state index contributed by atoms with van der Waals surface area (Å²) < 4.78 is 70.6. The Morgan fingerprint density at radius 3 is 2.45 bits per heavy atom. The Balaban J connectivity index is 1.54. The second kappa shape index (κ2) is 7.93. The molecule has 0 aliphatic carbocycles. The van der Waals surface area contributed by atoms with Crippen molar-refractivity contribution in [2.45, 2.75) is 37.7 Å². The summed E-state index contributed by atoms with van der Waals surface area (Å²) in [6.07, 6.45) is -4.36. The smallest absolute Gasteiger partial charge is 0.374 e. The van der Waals surface area contributed by atoms with Crippen molar-refractivity contribution in [1.82, 2.24) is 9.88 Å². The Kier molecular flexibility index (Phi) is 5.63. The molecule has 2 aliphatic rings. The molecule has 1 fully saturated rings. The molecule has 1 atom stereocenters. The summed E-state index contributed by atoms with van der Waals surface area (Å²) in [4.78, 5) is 22.3. The SMILES string of the molecule is CC(C)C(=O)N1CC(F)(c2ccc(C3=NOC(c4ccc(F)c(Cl)c4)(C(F)(F)F)C3)cn2)C1. The van der Waals surface area contributed by atoms with E-state index in [2.05, 4.69) is 10.1 Å². The zero-order valence-electron chi connectivity index (χ0n) is 17.6. The number of carbonyl (C=O) groups is 1. The van der Waals surface area contributed by atoms with Crippen LogP contribution in [0, 0.1) is 11.7 Å². The van der Waals surface area contributed by atoms with Gasteiger partial charge in [-0.15, -0.1) is 0 Å². The number of hydrogen-bond acceptors (Lipinski definition) is 4. The number of likely N-dealkylation sites (tertiary alicyclic amines) is 1. The van der Waals surface area contributed by atoms with Gasteiger partial charge in [-0.1, -0.05) is 36.7 Å². The average molecular weight is 488 g/mol. The summed E-state index contributed by atoms with van der Waals surface area (Å²) >= 11 is 5.68. The molecule has 0 radical (unpaired) electrons. The molecular formula is C22H19ClF5N3O2. The van der Waals surface area contributed by atoms with E-state index in [-0.39, 0.29) is 41.9 Å². The highest BCUT2D eigenvalue weighted by atomic mass is 35.5. The minimum atomic E-state index is -4.88. The molecule has 1 aromatic carbocycles. The van der Waals surface area contributed by atoms with Gasteiger partial charge in [0.25, 0.3) is 5.60 Å². The minimum absolute atomic E-state index is 0.0510. The van der Waals surface area contributed by atoms with Crippen LogP contribution in [0.2, 0.25) is 5.02 Å². The lowest BCUT2D eigenvalue weighted by molar-refractivity contribution is -0.275. The maximum absolute atomic E-state index is 15.1. The van der Waals surface area contributed by atoms with Gasteiger partial charge in [-0.2, -0.15) is 13.2 Å². The topological polar surface area (TPSA) is 54.8 Å². The van der Waals surface area contributed by atoms with Crippen molar-refractivity contribution in [1.29, 1.82) is 0 Å². The Hall–Kier alpha value is -2.75. The summed E-state index contributed by atoms with van der Waals surface area (Å²) in [5, 5.41) is 3.13. The van der Waals surface area contributed by atoms with E-state index < -0.39 is 40.3 Å². The van der Waals surface area contributed by atoms with Gasteiger partial charge in [-0.05, 0) is 24.3 Å². The summed E-state index contributed by atoms with van der Waals surface area (Å²) in [5.74, 6) is -1.28. The fraction of sp³-hybridized carbons (Fsp3) is 0.409. The fourth-order valence-electron chi connectivity index (χ4n) is 3.88. The first-order valence-electron chi connectivity index (χ1n) is 10.1. The molecule has 1 saturated heterocycles. The molecule has 0 N–H and O–H groups in total. The van der Waals surface area contributed by atoms with E-state index in [0.717, 1.165) is 18.2 Å². The van der Waals surface area contributed by atoms with Crippen molar-refractivity contribution in [2.24, 2.45) is 11.1 Å². The van der Waals surface area contributed by atoms with Gasteiger partial charge >= 0.3 is 6.18 Å². The maximum Gasteiger partial charge on any atom is 0.435 e. The number of halogens is 6. The van der Waals surface area contributed by atoms with Crippen LogP contribution >= 0.6 is 11.6 Å². The molecule has 11 heteroatoms. The van der Waals surface area contributed by atoms with E-state index in [1.807, 2.05) is 0 Å². The van der Waals surface area contributed by atoms with Gasteiger partial charge in [-0.25, -0.2) is 8.78 Å². The van der Waals surface area contributed by atoms with Gasteiger partial charge in [0.05, 0.1) is 35.9 Å². The molecule has 0 saturated carbocycles. The number of alkyl halides is 4. The van der Waals surface area contributed by atoms with Crippen LogP contribution in [-0.2, 0) is 20.9 Å². The molecule has 4 rings (SSSR count). The minimum Gasteiger partial charge on any atom is -0.374 e. The highest BCUT2D eigenvalue weighted by molar-refractivity contribution is 6.30. The molecular weight excluding hydrogens is 469 g/mol. The van der Waals surface area contributed by atoms with Crippen LogP contribution in [0.3, 0.4) is 0 Å². The van der Waals surface area contributed by atoms with Crippen LogP contribution in [0.4, 0.5) is 22.0 Å². The van der Waals surface area contributed by atoms with Crippen molar-refractivity contribution in [2.75, 3.05) is 13.1 Å². The van der Waals surface area contributed by atoms with Crippen LogP contribution in [0.15, 0.2) is 41.7 Å². The van der Waals surface area contributed by atoms with Gasteiger partial charge in [0, 0.05) is 23.2 Å². The summed E-state index contributed by atoms with van der Waals surface area (Å²) in [6.45, 7) is 3.17. The van der Waals surface area contributed by atoms with E-state index in [9.17, 15) is 22.4 Å². The Labute approximate surface area is 191 Å². The zero-order chi connectivity index (χ0) is 24.2. The number of rotatable bonds is 4. The molecule has 5 nitrogen and oxygen atoms in total. The van der Waals surface area contributed by atoms with Crippen LogP contribution in [-0.4, -0.2) is 40.8 Å². The largest absolute Gasteiger partial charge is 0.435 e. The van der Waals surface area contributed by atoms with Crippen LogP contribution < -0.4 is 0 Å². The number of nitrogens with zero attached hydrogens (tertiary/aromatic N) is 3. The van der Waals surface area contributed by atoms with E-state index in [4.69, 9.17) is 16.4 Å². The molecule has 176 valence electrons. The summed E-state index contributed by atoms with van der Waals surface area (Å²) in [5.41, 5.74) is -4.81. The third-order valence-electron chi connectivity index (χ3n) is 5.82. The third-order valence-corrected chi connectivity index (χ3v) is 6.11. The average Bonchev–Trinajstić information content (AvgIpc) is 3.20. The molecule has 2 aliphatic heterocycles. The van der Waals surface area contributed by atoms with Crippen LogP contribution in [0.5, 0.6) is 0 Å². The Bertz CT molecular complexity index is 1110. The highest BCUT2D eigenvalue weighted by Gasteiger charge is 2.62. The predicted octanol–water partition coefficient (Wildman–Crippen LogP) is 5.12. The molecule has 1 unspecified atom stereocenters. The number of amides is 1. The monoisotopic (exact) mass is 487 g/mol. The first-order valence-corrected chi connectivity index (χ1v) is 10.5. The molecule has 3 heterocycles. The third kappa shape index (κ3) is 3.94. The van der Waals surface area contributed by atoms with Crippen molar-refractivity contribution in [3.8, 4) is 0 Å². The number of benzene rings is 1. The van der Waals surface area contributed by atoms with Gasteiger partial charge in [-0.3, -0.25) is 9.78 Å². The predicted molar refractivity (Wildman–Crippen MR) is 110 cm³/mol.